The highest BCUT2D eigenvalue weighted by atomic mass is 15.2. The zero-order chi connectivity index (χ0) is 14.3. The largest absolute Gasteiger partial charge is 0.350 e. The number of rotatable bonds is 8. The standard InChI is InChI=1S/C16H27N3/c1-6-10-19(14(4)5)16-15(8-7-9-18-16)12-17-11-13(2)3/h6-9,13-14,17H,1,10-12H2,2-5H3. The number of nitrogens with zero attached hydrogens (tertiary/aromatic N) is 2. The summed E-state index contributed by atoms with van der Waals surface area (Å²) in [6.45, 7) is 15.4. The van der Waals surface area contributed by atoms with Gasteiger partial charge in [0.2, 0.25) is 0 Å². The number of hydrogen-bond donors (Lipinski definition) is 1. The van der Waals surface area contributed by atoms with Crippen molar-refractivity contribution in [3.63, 3.8) is 0 Å². The summed E-state index contributed by atoms with van der Waals surface area (Å²) in [6.07, 6.45) is 3.79. The van der Waals surface area contributed by atoms with Gasteiger partial charge in [-0.15, -0.1) is 6.58 Å². The Hall–Kier alpha value is -1.35. The first-order chi connectivity index (χ1) is 9.06. The van der Waals surface area contributed by atoms with E-state index < -0.39 is 0 Å². The van der Waals surface area contributed by atoms with E-state index in [0.717, 1.165) is 25.5 Å². The molecule has 1 aromatic heterocycles. The predicted octanol–water partition coefficient (Wildman–Crippen LogP) is 3.23. The van der Waals surface area contributed by atoms with Crippen molar-refractivity contribution in [2.24, 2.45) is 5.92 Å². The summed E-state index contributed by atoms with van der Waals surface area (Å²) in [4.78, 5) is 6.83. The van der Waals surface area contributed by atoms with Gasteiger partial charge in [-0.2, -0.15) is 0 Å². The second-order valence-electron chi connectivity index (χ2n) is 5.55. The second-order valence-corrected chi connectivity index (χ2v) is 5.55. The highest BCUT2D eigenvalue weighted by Crippen LogP contribution is 2.19. The van der Waals surface area contributed by atoms with E-state index in [9.17, 15) is 0 Å². The fourth-order valence-electron chi connectivity index (χ4n) is 2.00. The Kier molecular flexibility index (Phi) is 6.57. The minimum absolute atomic E-state index is 0.414. The van der Waals surface area contributed by atoms with Crippen LogP contribution in [0.5, 0.6) is 0 Å². The first-order valence-corrected chi connectivity index (χ1v) is 7.08. The van der Waals surface area contributed by atoms with Crippen LogP contribution in [0.15, 0.2) is 31.0 Å². The SMILES string of the molecule is C=CCN(c1ncccc1CNCC(C)C)C(C)C. The van der Waals surface area contributed by atoms with Crippen molar-refractivity contribution in [1.82, 2.24) is 10.3 Å². The molecule has 1 heterocycles. The summed E-state index contributed by atoms with van der Waals surface area (Å²) in [7, 11) is 0. The molecule has 0 saturated heterocycles. The molecule has 0 aliphatic heterocycles. The molecule has 3 nitrogen and oxygen atoms in total. The molecule has 19 heavy (non-hydrogen) atoms. The van der Waals surface area contributed by atoms with Gasteiger partial charge in [-0.05, 0) is 32.4 Å². The number of pyridine rings is 1. The quantitative estimate of drug-likeness (QED) is 0.728. The van der Waals surface area contributed by atoms with E-state index in [4.69, 9.17) is 0 Å². The summed E-state index contributed by atoms with van der Waals surface area (Å²) >= 11 is 0. The predicted molar refractivity (Wildman–Crippen MR) is 83.5 cm³/mol. The zero-order valence-corrected chi connectivity index (χ0v) is 12.7. The smallest absolute Gasteiger partial charge is 0.133 e. The molecule has 1 rings (SSSR count). The average Bonchev–Trinajstić information content (AvgIpc) is 2.36. The maximum Gasteiger partial charge on any atom is 0.133 e. The topological polar surface area (TPSA) is 28.2 Å². The van der Waals surface area contributed by atoms with Crippen LogP contribution in [0.4, 0.5) is 5.82 Å². The van der Waals surface area contributed by atoms with Gasteiger partial charge in [0.25, 0.3) is 0 Å². The summed E-state index contributed by atoms with van der Waals surface area (Å²) in [5, 5.41) is 3.48. The molecule has 0 spiro atoms. The Bertz CT molecular complexity index is 385. The normalized spacial score (nSPS) is 11.1. The molecule has 0 saturated carbocycles. The minimum atomic E-state index is 0.414. The molecule has 1 N–H and O–H groups in total. The van der Waals surface area contributed by atoms with E-state index in [0.29, 0.717) is 12.0 Å². The fourth-order valence-corrected chi connectivity index (χ4v) is 2.00. The van der Waals surface area contributed by atoms with Crippen LogP contribution in [0.3, 0.4) is 0 Å². The Morgan fingerprint density at radius 1 is 1.37 bits per heavy atom. The van der Waals surface area contributed by atoms with Crippen LogP contribution < -0.4 is 10.2 Å². The van der Waals surface area contributed by atoms with Gasteiger partial charge in [-0.25, -0.2) is 4.98 Å². The van der Waals surface area contributed by atoms with Crippen molar-refractivity contribution in [2.45, 2.75) is 40.3 Å². The van der Waals surface area contributed by atoms with Crippen molar-refractivity contribution < 1.29 is 0 Å². The molecular weight excluding hydrogens is 234 g/mol. The molecule has 0 aliphatic rings. The third-order valence-corrected chi connectivity index (χ3v) is 2.96. The molecule has 0 fully saturated rings. The molecule has 0 bridgehead atoms. The first kappa shape index (κ1) is 15.7. The van der Waals surface area contributed by atoms with E-state index in [2.05, 4.69) is 55.5 Å². The van der Waals surface area contributed by atoms with Crippen LogP contribution in [-0.2, 0) is 6.54 Å². The van der Waals surface area contributed by atoms with Crippen LogP contribution in [-0.4, -0.2) is 24.1 Å². The molecule has 1 aromatic rings. The molecule has 0 atom stereocenters. The highest BCUT2D eigenvalue weighted by molar-refractivity contribution is 5.48. The Morgan fingerprint density at radius 2 is 2.11 bits per heavy atom. The van der Waals surface area contributed by atoms with E-state index in [1.54, 1.807) is 0 Å². The summed E-state index contributed by atoms with van der Waals surface area (Å²) in [5.41, 5.74) is 1.25. The molecule has 3 heteroatoms. The lowest BCUT2D eigenvalue weighted by atomic mass is 10.2. The first-order valence-electron chi connectivity index (χ1n) is 7.08. The monoisotopic (exact) mass is 261 g/mol. The van der Waals surface area contributed by atoms with Crippen molar-refractivity contribution in [1.29, 1.82) is 0 Å². The van der Waals surface area contributed by atoms with Crippen molar-refractivity contribution in [3.8, 4) is 0 Å². The van der Waals surface area contributed by atoms with Gasteiger partial charge >= 0.3 is 0 Å². The lowest BCUT2D eigenvalue weighted by Gasteiger charge is -2.28. The Morgan fingerprint density at radius 3 is 2.68 bits per heavy atom. The van der Waals surface area contributed by atoms with E-state index in [1.807, 2.05) is 18.3 Å². The van der Waals surface area contributed by atoms with Crippen LogP contribution in [0.25, 0.3) is 0 Å². The van der Waals surface area contributed by atoms with Gasteiger partial charge in [0.1, 0.15) is 5.82 Å². The van der Waals surface area contributed by atoms with Crippen LogP contribution in [0.2, 0.25) is 0 Å². The lowest BCUT2D eigenvalue weighted by molar-refractivity contribution is 0.550. The molecular formula is C16H27N3. The number of hydrogen-bond acceptors (Lipinski definition) is 3. The second kappa shape index (κ2) is 7.95. The fraction of sp³-hybridized carbons (Fsp3) is 0.562. The van der Waals surface area contributed by atoms with Crippen LogP contribution >= 0.6 is 0 Å². The van der Waals surface area contributed by atoms with Gasteiger partial charge < -0.3 is 10.2 Å². The number of nitrogens with one attached hydrogen (secondary N) is 1. The van der Waals surface area contributed by atoms with E-state index in [-0.39, 0.29) is 0 Å². The maximum atomic E-state index is 4.55. The molecule has 0 unspecified atom stereocenters. The zero-order valence-electron chi connectivity index (χ0n) is 12.7. The lowest BCUT2D eigenvalue weighted by Crippen LogP contribution is -2.33. The summed E-state index contributed by atoms with van der Waals surface area (Å²) < 4.78 is 0. The third-order valence-electron chi connectivity index (χ3n) is 2.96. The third kappa shape index (κ3) is 5.03. The van der Waals surface area contributed by atoms with Gasteiger partial charge in [0.15, 0.2) is 0 Å². The van der Waals surface area contributed by atoms with Gasteiger partial charge in [0.05, 0.1) is 0 Å². The average molecular weight is 261 g/mol. The molecule has 0 amide bonds. The van der Waals surface area contributed by atoms with Crippen molar-refractivity contribution >= 4 is 5.82 Å². The highest BCUT2D eigenvalue weighted by Gasteiger charge is 2.14. The Labute approximate surface area is 117 Å². The van der Waals surface area contributed by atoms with Crippen LogP contribution in [0.1, 0.15) is 33.3 Å². The summed E-state index contributed by atoms with van der Waals surface area (Å²) in [5.74, 6) is 1.73. The minimum Gasteiger partial charge on any atom is -0.350 e. The summed E-state index contributed by atoms with van der Waals surface area (Å²) in [6, 6.07) is 4.56. The number of aromatic nitrogens is 1. The Balaban J connectivity index is 2.83. The van der Waals surface area contributed by atoms with Crippen molar-refractivity contribution in [3.05, 3.63) is 36.5 Å². The molecule has 0 radical (unpaired) electrons. The number of anilines is 1. The molecule has 0 aliphatic carbocycles. The van der Waals surface area contributed by atoms with Gasteiger partial charge in [-0.1, -0.05) is 26.0 Å². The molecule has 0 aromatic carbocycles. The molecule has 106 valence electrons. The van der Waals surface area contributed by atoms with Gasteiger partial charge in [-0.3, -0.25) is 0 Å². The van der Waals surface area contributed by atoms with Crippen molar-refractivity contribution in [2.75, 3.05) is 18.0 Å². The maximum absolute atomic E-state index is 4.55. The van der Waals surface area contributed by atoms with E-state index >= 15 is 0 Å². The van der Waals surface area contributed by atoms with E-state index in [1.165, 1.54) is 5.56 Å². The van der Waals surface area contributed by atoms with Gasteiger partial charge in [0, 0.05) is 30.9 Å². The van der Waals surface area contributed by atoms with Crippen LogP contribution in [0, 0.1) is 5.92 Å².